The van der Waals surface area contributed by atoms with Gasteiger partial charge in [0.2, 0.25) is 0 Å². The zero-order valence-corrected chi connectivity index (χ0v) is 92.9. The Kier molecular flexibility index (Phi) is 53.2. The van der Waals surface area contributed by atoms with Gasteiger partial charge in [-0.1, -0.05) is 351 Å². The highest BCUT2D eigenvalue weighted by molar-refractivity contribution is 5.62. The molecule has 4 aliphatic rings. The molecule has 0 amide bonds. The molecule has 4 N–H and O–H groups in total. The van der Waals surface area contributed by atoms with Crippen molar-refractivity contribution in [3.8, 4) is 46.0 Å². The predicted molar refractivity (Wildman–Crippen MR) is 575 cm³/mol. The van der Waals surface area contributed by atoms with E-state index in [9.17, 15) is 20.4 Å². The van der Waals surface area contributed by atoms with Gasteiger partial charge in [0.25, 0.3) is 0 Å². The van der Waals surface area contributed by atoms with Gasteiger partial charge < -0.3 is 39.4 Å². The molecule has 4 heterocycles. The van der Waals surface area contributed by atoms with Crippen molar-refractivity contribution in [3.63, 3.8) is 0 Å². The number of ether oxygens (including phenoxy) is 4. The standard InChI is InChI=1S/C35H62O2.C32H56O2.C29H50O2.C28H48O2/c1-9-15-29-31(17-11-3)34-32(30(16-10-2)33(29)36)23-25-35(8,37-34)24-14-22-28(7)21-13-20-27(6)19-12-18-26(4)5;1-9-26-28(11-3)31-29(27(10-2)30(26)33)20-22-32(8,34-31)21-14-19-25(7)18-13-17-24(6)16-12-15-23(4)5;1-20(2)12-9-13-21(3)14-10-15-22(4)16-11-18-29(8)19-17-26-25(7)27(30)23(5)24(6)28(26)31-29;1-20(2)11-8-12-21(3)13-9-14-22(4)15-10-17-28(7)18-16-25-24(6)26(29)19-23(5)27(25)30-28/h26-28,36H,9-25H2,1-8H3;23-25,33H,9-22H2,1-8H3;20-22,30H,9-19H2,1-8H3;19-22,29H,8-18H2,1-7H3. The van der Waals surface area contributed by atoms with Gasteiger partial charge in [-0.05, 0) is 308 Å². The number of aromatic hydroxyl groups is 4. The van der Waals surface area contributed by atoms with E-state index in [1.165, 1.54) is 250 Å². The normalized spacial score (nSPS) is 19.9. The van der Waals surface area contributed by atoms with E-state index < -0.39 is 0 Å². The molecule has 132 heavy (non-hydrogen) atoms. The number of benzene rings is 4. The molecule has 0 bridgehead atoms. The van der Waals surface area contributed by atoms with Gasteiger partial charge in [-0.3, -0.25) is 0 Å². The van der Waals surface area contributed by atoms with Gasteiger partial charge in [0, 0.05) is 55.6 Å². The minimum Gasteiger partial charge on any atom is -0.508 e. The fourth-order valence-electron chi connectivity index (χ4n) is 23.0. The monoisotopic (exact) mass is 1830 g/mol. The van der Waals surface area contributed by atoms with Gasteiger partial charge in [0.05, 0.1) is 0 Å². The first-order valence-corrected chi connectivity index (χ1v) is 56.6. The first-order chi connectivity index (χ1) is 62.4. The van der Waals surface area contributed by atoms with Crippen molar-refractivity contribution < 1.29 is 39.4 Å². The third-order valence-corrected chi connectivity index (χ3v) is 32.5. The van der Waals surface area contributed by atoms with Crippen LogP contribution in [0.1, 0.15) is 540 Å². The summed E-state index contributed by atoms with van der Waals surface area (Å²) >= 11 is 0. The van der Waals surface area contributed by atoms with Gasteiger partial charge in [-0.15, -0.1) is 0 Å². The van der Waals surface area contributed by atoms with Crippen LogP contribution in [0.15, 0.2) is 6.07 Å². The number of fused-ring (bicyclic) bond motifs is 4. The topological polar surface area (TPSA) is 118 Å². The minimum atomic E-state index is -0.0793. The van der Waals surface area contributed by atoms with Gasteiger partial charge >= 0.3 is 0 Å². The molecule has 760 valence electrons. The summed E-state index contributed by atoms with van der Waals surface area (Å²) in [5, 5.41) is 42.7. The third kappa shape index (κ3) is 39.2. The summed E-state index contributed by atoms with van der Waals surface area (Å²) in [5.41, 5.74) is 17.0. The molecule has 0 saturated heterocycles. The van der Waals surface area contributed by atoms with Crippen molar-refractivity contribution >= 4 is 0 Å². The maximum absolute atomic E-state index is 11.3. The zero-order chi connectivity index (χ0) is 98.2. The molecule has 8 rings (SSSR count). The summed E-state index contributed by atoms with van der Waals surface area (Å²) in [6, 6.07) is 1.85. The first kappa shape index (κ1) is 118. The van der Waals surface area contributed by atoms with Crippen LogP contribution < -0.4 is 18.9 Å². The van der Waals surface area contributed by atoms with Crippen LogP contribution in [-0.4, -0.2) is 42.8 Å². The molecule has 0 fully saturated rings. The molecule has 0 aromatic heterocycles. The van der Waals surface area contributed by atoms with Crippen LogP contribution in [0.2, 0.25) is 0 Å². The van der Waals surface area contributed by atoms with Crippen molar-refractivity contribution in [1.29, 1.82) is 0 Å². The fraction of sp³-hybridized carbons (Fsp3) is 0.806. The maximum atomic E-state index is 11.3. The lowest BCUT2D eigenvalue weighted by Crippen LogP contribution is -2.37. The second-order valence-corrected chi connectivity index (χ2v) is 47.8. The molecule has 0 spiro atoms. The van der Waals surface area contributed by atoms with E-state index in [2.05, 4.69) is 194 Å². The van der Waals surface area contributed by atoms with E-state index >= 15 is 0 Å². The smallest absolute Gasteiger partial charge is 0.127 e. The Morgan fingerprint density at radius 3 is 0.833 bits per heavy atom. The van der Waals surface area contributed by atoms with Crippen LogP contribution in [-0.2, 0) is 64.2 Å². The summed E-state index contributed by atoms with van der Waals surface area (Å²) in [5.74, 6) is 16.5. The molecule has 4 aromatic carbocycles. The summed E-state index contributed by atoms with van der Waals surface area (Å²) in [7, 11) is 0. The lowest BCUT2D eigenvalue weighted by Gasteiger charge is -2.39. The van der Waals surface area contributed by atoms with Crippen molar-refractivity contribution in [1.82, 2.24) is 0 Å². The summed E-state index contributed by atoms with van der Waals surface area (Å²) in [6.07, 6.45) is 65.1. The van der Waals surface area contributed by atoms with Gasteiger partial charge in [-0.2, -0.15) is 0 Å². The van der Waals surface area contributed by atoms with Gasteiger partial charge in [0.1, 0.15) is 68.4 Å². The summed E-state index contributed by atoms with van der Waals surface area (Å²) in [6.45, 7) is 70.8. The van der Waals surface area contributed by atoms with Crippen molar-refractivity contribution in [2.24, 2.45) is 71.0 Å². The molecule has 4 aromatic rings. The van der Waals surface area contributed by atoms with E-state index in [0.29, 0.717) is 23.0 Å². The molecule has 8 nitrogen and oxygen atoms in total. The number of phenolic OH excluding ortho intramolecular Hbond substituents is 4. The maximum Gasteiger partial charge on any atom is 0.127 e. The Hall–Kier alpha value is -4.72. The number of phenols is 4. The van der Waals surface area contributed by atoms with Gasteiger partial charge in [0.15, 0.2) is 0 Å². The Morgan fingerprint density at radius 1 is 0.258 bits per heavy atom. The van der Waals surface area contributed by atoms with Crippen LogP contribution in [0.4, 0.5) is 0 Å². The minimum absolute atomic E-state index is 0.0637. The van der Waals surface area contributed by atoms with Gasteiger partial charge in [-0.25, -0.2) is 0 Å². The Balaban J connectivity index is 0.000000312. The van der Waals surface area contributed by atoms with E-state index in [1.807, 2.05) is 26.8 Å². The Morgan fingerprint density at radius 2 is 0.515 bits per heavy atom. The van der Waals surface area contributed by atoms with Crippen molar-refractivity contribution in [3.05, 3.63) is 89.5 Å². The summed E-state index contributed by atoms with van der Waals surface area (Å²) < 4.78 is 26.9. The fourth-order valence-corrected chi connectivity index (χ4v) is 23.0. The highest BCUT2D eigenvalue weighted by atomic mass is 16.5. The molecule has 12 atom stereocenters. The van der Waals surface area contributed by atoms with Crippen LogP contribution in [0.3, 0.4) is 0 Å². The molecule has 0 saturated carbocycles. The molecular weight excluding hydrogens is 1620 g/mol. The van der Waals surface area contributed by atoms with E-state index in [0.717, 1.165) is 268 Å². The molecule has 8 heteroatoms. The lowest BCUT2D eigenvalue weighted by molar-refractivity contribution is 0.0504. The average molecular weight is 1840 g/mol. The number of rotatable bonds is 57. The Labute approximate surface area is 818 Å². The van der Waals surface area contributed by atoms with E-state index in [-0.39, 0.29) is 22.4 Å². The van der Waals surface area contributed by atoms with E-state index in [4.69, 9.17) is 18.9 Å². The highest BCUT2D eigenvalue weighted by Crippen LogP contribution is 2.51. The molecule has 0 radical (unpaired) electrons. The summed E-state index contributed by atoms with van der Waals surface area (Å²) in [4.78, 5) is 0. The predicted octanol–water partition coefficient (Wildman–Crippen LogP) is 37.7. The van der Waals surface area contributed by atoms with Crippen LogP contribution in [0.25, 0.3) is 0 Å². The van der Waals surface area contributed by atoms with E-state index in [1.54, 1.807) is 0 Å². The zero-order valence-electron chi connectivity index (χ0n) is 92.9. The lowest BCUT2D eigenvalue weighted by atomic mass is 9.81. The molecule has 12 unspecified atom stereocenters. The number of hydrogen-bond donors (Lipinski definition) is 4. The number of aryl methyl sites for hydroxylation is 1. The molecule has 0 aliphatic carbocycles. The third-order valence-electron chi connectivity index (χ3n) is 32.5. The first-order valence-electron chi connectivity index (χ1n) is 56.6. The quantitative estimate of drug-likeness (QED) is 0.0345. The second-order valence-electron chi connectivity index (χ2n) is 47.8. The molecule has 4 aliphatic heterocycles. The number of hydrogen-bond acceptors (Lipinski definition) is 8. The van der Waals surface area contributed by atoms with Crippen LogP contribution in [0, 0.1) is 106 Å². The second kappa shape index (κ2) is 59.7. The molecular formula is C124H216O8. The SMILES string of the molecule is CCCc1c(O)c(CCC)c2c(c1CCC)OC(C)(CCCC(C)CCCC(C)CCCC(C)C)CC2.CCc1c(O)c(CC)c2c(c1CC)OC(C)(CCCC(C)CCCC(C)CCCC(C)C)CC2.Cc1c(C)c2c(c(C)c1O)CCC(C)(CCCC(C)CCCC(C)CCCC(C)C)O2.Cc1cc(O)c(C)c2c1OC(C)(CCCC(C)CCCC(C)CCCC(C)C)CC2. The average Bonchev–Trinajstić information content (AvgIpc) is 0.747. The van der Waals surface area contributed by atoms with Crippen molar-refractivity contribution in [2.45, 2.75) is 577 Å². The highest BCUT2D eigenvalue weighted by Gasteiger charge is 2.40. The van der Waals surface area contributed by atoms with Crippen LogP contribution >= 0.6 is 0 Å². The van der Waals surface area contributed by atoms with Crippen LogP contribution in [0.5, 0.6) is 46.0 Å². The largest absolute Gasteiger partial charge is 0.508 e. The Bertz CT molecular complexity index is 3880. The van der Waals surface area contributed by atoms with Crippen molar-refractivity contribution in [2.75, 3.05) is 0 Å².